The molecular formula is C28H33F3N4O7. The number of hydrogen-bond donors (Lipinski definition) is 5. The van der Waals surface area contributed by atoms with E-state index in [9.17, 15) is 48.0 Å². The predicted octanol–water partition coefficient (Wildman–Crippen LogP) is 1.06. The van der Waals surface area contributed by atoms with E-state index in [1.54, 1.807) is 19.0 Å². The second-order valence-electron chi connectivity index (χ2n) is 11.9. The van der Waals surface area contributed by atoms with Crippen molar-refractivity contribution in [1.29, 1.82) is 0 Å². The molecule has 1 amide bonds. The molecule has 1 aromatic rings. The van der Waals surface area contributed by atoms with Crippen LogP contribution in [-0.2, 0) is 22.2 Å². The number of benzene rings is 1. The van der Waals surface area contributed by atoms with E-state index in [0.29, 0.717) is 13.1 Å². The van der Waals surface area contributed by atoms with Crippen LogP contribution in [0.3, 0.4) is 0 Å². The third kappa shape index (κ3) is 4.14. The third-order valence-electron chi connectivity index (χ3n) is 9.25. The highest BCUT2D eigenvalue weighted by Gasteiger charge is 2.63. The molecule has 42 heavy (non-hydrogen) atoms. The topological polar surface area (TPSA) is 168 Å². The maximum absolute atomic E-state index is 14.8. The number of halogens is 3. The minimum absolute atomic E-state index is 0.185. The first-order valence-electron chi connectivity index (χ1n) is 13.4. The summed E-state index contributed by atoms with van der Waals surface area (Å²) in [5.74, 6) is -9.01. The molecule has 0 saturated carbocycles. The molecule has 1 fully saturated rings. The molecule has 14 heteroatoms. The Morgan fingerprint density at radius 3 is 2.36 bits per heavy atom. The van der Waals surface area contributed by atoms with Crippen molar-refractivity contribution in [3.05, 3.63) is 51.0 Å². The molecule has 1 heterocycles. The zero-order chi connectivity index (χ0) is 31.2. The number of allylic oxidation sites excluding steroid dienone is 1. The van der Waals surface area contributed by atoms with Crippen molar-refractivity contribution in [2.75, 3.05) is 47.8 Å². The van der Waals surface area contributed by atoms with Crippen LogP contribution in [0, 0.1) is 11.8 Å². The number of primary amides is 1. The van der Waals surface area contributed by atoms with E-state index in [4.69, 9.17) is 5.73 Å². The molecule has 1 saturated heterocycles. The van der Waals surface area contributed by atoms with Gasteiger partial charge in [0.15, 0.2) is 11.4 Å². The predicted molar refractivity (Wildman–Crippen MR) is 142 cm³/mol. The van der Waals surface area contributed by atoms with Gasteiger partial charge in [-0.15, -0.1) is 0 Å². The Kier molecular flexibility index (Phi) is 7.00. The molecule has 228 valence electrons. The molecular weight excluding hydrogens is 561 g/mol. The molecule has 6 N–H and O–H groups in total. The number of likely N-dealkylation sites (N-methyl/N-ethyl adjacent to an activating group) is 3. The van der Waals surface area contributed by atoms with Gasteiger partial charge in [0.05, 0.1) is 17.2 Å². The molecule has 0 radical (unpaired) electrons. The van der Waals surface area contributed by atoms with Crippen molar-refractivity contribution in [1.82, 2.24) is 14.7 Å². The number of nitrogens with zero attached hydrogens (tertiary/aromatic N) is 3. The van der Waals surface area contributed by atoms with E-state index in [0.717, 1.165) is 6.07 Å². The minimum atomic E-state index is -4.91. The number of carbonyl (C=O) groups excluding carboxylic acids is 3. The molecule has 1 aromatic carbocycles. The summed E-state index contributed by atoms with van der Waals surface area (Å²) < 4.78 is 44.5. The fourth-order valence-corrected chi connectivity index (χ4v) is 7.30. The van der Waals surface area contributed by atoms with Gasteiger partial charge in [0.25, 0.3) is 5.91 Å². The zero-order valence-corrected chi connectivity index (χ0v) is 23.5. The first-order valence-corrected chi connectivity index (χ1v) is 13.4. The molecule has 5 rings (SSSR count). The summed E-state index contributed by atoms with van der Waals surface area (Å²) in [7, 11) is 6.40. The van der Waals surface area contributed by atoms with Crippen LogP contribution in [0.25, 0.3) is 0 Å². The van der Waals surface area contributed by atoms with Gasteiger partial charge < -0.3 is 31.1 Å². The molecule has 5 atom stereocenters. The number of amides is 1. The largest absolute Gasteiger partial charge is 0.510 e. The Morgan fingerprint density at radius 2 is 1.79 bits per heavy atom. The fourth-order valence-electron chi connectivity index (χ4n) is 7.30. The number of rotatable bonds is 3. The lowest BCUT2D eigenvalue weighted by atomic mass is 9.58. The number of aliphatic hydroxyl groups excluding tert-OH is 2. The van der Waals surface area contributed by atoms with Crippen LogP contribution in [0.1, 0.15) is 39.5 Å². The van der Waals surface area contributed by atoms with E-state index < -0.39 is 105 Å². The summed E-state index contributed by atoms with van der Waals surface area (Å²) in [5, 5.41) is 44.9. The van der Waals surface area contributed by atoms with E-state index in [2.05, 4.69) is 0 Å². The fraction of sp³-hybridized carbons (Fsp3) is 0.536. The van der Waals surface area contributed by atoms with Crippen LogP contribution in [0.15, 0.2) is 28.7 Å². The molecule has 1 aliphatic heterocycles. The number of alkyl halides is 3. The lowest BCUT2D eigenvalue weighted by Crippen LogP contribution is -2.63. The van der Waals surface area contributed by atoms with Crippen molar-refractivity contribution in [3.63, 3.8) is 0 Å². The van der Waals surface area contributed by atoms with Crippen LogP contribution in [-0.4, -0.2) is 112 Å². The van der Waals surface area contributed by atoms with Crippen LogP contribution >= 0.6 is 0 Å². The lowest BCUT2D eigenvalue weighted by molar-refractivity contribution is -0.148. The van der Waals surface area contributed by atoms with Crippen LogP contribution in [0.5, 0.6) is 5.75 Å². The number of phenols is 1. The van der Waals surface area contributed by atoms with Gasteiger partial charge in [0, 0.05) is 37.2 Å². The molecule has 3 aliphatic carbocycles. The number of hydrogen-bond acceptors (Lipinski definition) is 10. The maximum atomic E-state index is 14.8. The highest BCUT2D eigenvalue weighted by molar-refractivity contribution is 6.24. The summed E-state index contributed by atoms with van der Waals surface area (Å²) in [6, 6.07) is -1.06. The summed E-state index contributed by atoms with van der Waals surface area (Å²) in [4.78, 5) is 44.3. The van der Waals surface area contributed by atoms with Crippen molar-refractivity contribution >= 4 is 17.5 Å². The second-order valence-corrected chi connectivity index (χ2v) is 11.9. The van der Waals surface area contributed by atoms with Gasteiger partial charge in [0.1, 0.15) is 22.8 Å². The Morgan fingerprint density at radius 1 is 1.14 bits per heavy atom. The summed E-state index contributed by atoms with van der Waals surface area (Å²) in [6.45, 7) is 1.36. The SMILES string of the molecule is CN1CCN(C)C(c2cc(O)c3c(c2C(F)(F)F)C[C@H]2C[C@H]4[C@H](N(C)C)C(O)=C(C(N)=O)C(=O)[C@@]4(O)C(O)=C2C3=O)C1. The number of carbonyl (C=O) groups is 3. The monoisotopic (exact) mass is 594 g/mol. The smallest absolute Gasteiger partial charge is 0.417 e. The molecule has 11 nitrogen and oxygen atoms in total. The third-order valence-corrected chi connectivity index (χ3v) is 9.25. The first-order chi connectivity index (χ1) is 19.4. The molecule has 0 bridgehead atoms. The lowest BCUT2D eigenvalue weighted by Gasteiger charge is -2.50. The van der Waals surface area contributed by atoms with E-state index in [1.165, 1.54) is 19.0 Å². The number of ketones is 2. The number of fused-ring (bicyclic) bond motifs is 3. The van der Waals surface area contributed by atoms with Crippen LogP contribution < -0.4 is 5.73 Å². The molecule has 0 spiro atoms. The summed E-state index contributed by atoms with van der Waals surface area (Å²) in [6.07, 6.45) is -5.66. The van der Waals surface area contributed by atoms with E-state index in [1.807, 2.05) is 4.90 Å². The van der Waals surface area contributed by atoms with Gasteiger partial charge >= 0.3 is 6.18 Å². The van der Waals surface area contributed by atoms with Crippen molar-refractivity contribution in [2.45, 2.75) is 36.7 Å². The summed E-state index contributed by atoms with van der Waals surface area (Å²) in [5.41, 5.74) is -1.36. The zero-order valence-electron chi connectivity index (χ0n) is 23.5. The molecule has 0 aromatic heterocycles. The van der Waals surface area contributed by atoms with Gasteiger partial charge in [-0.25, -0.2) is 0 Å². The highest BCUT2D eigenvalue weighted by atomic mass is 19.4. The standard InChI is InChI=1S/C28H33F3N4O7/c1-33(2)21-14-8-11-7-13-18(22(37)17(11)24(39)27(14,42)25(40)19(23(21)38)26(32)41)16(36)9-12(20(13)28(29,30)31)15-10-34(3)5-6-35(15)4/h9,11,14-15,21,36,38-39,42H,5-8,10H2,1-4H3,(H2,32,41)/t11-,14-,15?,21-,27-/m0/s1. The maximum Gasteiger partial charge on any atom is 0.417 e. The normalized spacial score (nSPS) is 30.9. The van der Waals surface area contributed by atoms with E-state index >= 15 is 0 Å². The van der Waals surface area contributed by atoms with Crippen LogP contribution in [0.2, 0.25) is 0 Å². The number of Topliss-reactive ketones (excluding diaryl/α,β-unsaturated/α-hetero) is 2. The van der Waals surface area contributed by atoms with Crippen molar-refractivity contribution < 1.29 is 48.0 Å². The second kappa shape index (κ2) is 9.79. The average Bonchev–Trinajstić information content (AvgIpc) is 2.86. The number of phenolic OH excluding ortho intramolecular Hbond substituents is 1. The van der Waals surface area contributed by atoms with Crippen LogP contribution in [0.4, 0.5) is 13.2 Å². The number of piperazine rings is 1. The molecule has 4 aliphatic rings. The Labute approximate surface area is 239 Å². The van der Waals surface area contributed by atoms with Gasteiger partial charge in [-0.05, 0) is 64.1 Å². The Bertz CT molecular complexity index is 1470. The minimum Gasteiger partial charge on any atom is -0.510 e. The average molecular weight is 595 g/mol. The van der Waals surface area contributed by atoms with Gasteiger partial charge in [0.2, 0.25) is 5.78 Å². The number of nitrogens with two attached hydrogens (primary N) is 1. The van der Waals surface area contributed by atoms with Crippen molar-refractivity contribution in [2.24, 2.45) is 17.6 Å². The van der Waals surface area contributed by atoms with Crippen molar-refractivity contribution in [3.8, 4) is 5.75 Å². The number of aliphatic hydroxyl groups is 3. The summed E-state index contributed by atoms with van der Waals surface area (Å²) >= 11 is 0. The van der Waals surface area contributed by atoms with Gasteiger partial charge in [-0.2, -0.15) is 13.2 Å². The highest BCUT2D eigenvalue weighted by Crippen LogP contribution is 2.54. The Hall–Kier alpha value is -3.46. The van der Waals surface area contributed by atoms with Gasteiger partial charge in [-0.1, -0.05) is 0 Å². The first kappa shape index (κ1) is 30.0. The van der Waals surface area contributed by atoms with E-state index in [-0.39, 0.29) is 18.5 Å². The molecule has 1 unspecified atom stereocenters. The number of aromatic hydroxyl groups is 1. The quantitative estimate of drug-likeness (QED) is 0.319. The Balaban J connectivity index is 1.74. The van der Waals surface area contributed by atoms with Gasteiger partial charge in [-0.3, -0.25) is 24.2 Å².